The average molecular weight is 462 g/mol. The minimum Gasteiger partial charge on any atom is -0.278 e. The van der Waals surface area contributed by atoms with E-state index in [2.05, 4.69) is 9.97 Å². The second-order valence-electron chi connectivity index (χ2n) is 6.80. The number of alkyl halides is 3. The van der Waals surface area contributed by atoms with E-state index in [9.17, 15) is 18.0 Å². The first-order chi connectivity index (χ1) is 14.7. The van der Waals surface area contributed by atoms with Crippen molar-refractivity contribution in [1.29, 1.82) is 0 Å². The van der Waals surface area contributed by atoms with Crippen LogP contribution in [0.15, 0.2) is 60.8 Å². The summed E-state index contributed by atoms with van der Waals surface area (Å²) >= 11 is 7.50. The van der Waals surface area contributed by atoms with Gasteiger partial charge in [0.1, 0.15) is 0 Å². The van der Waals surface area contributed by atoms with Crippen molar-refractivity contribution >= 4 is 44.2 Å². The minimum atomic E-state index is -4.47. The van der Waals surface area contributed by atoms with Crippen LogP contribution in [0.1, 0.15) is 27.2 Å². The standard InChI is InChI=1S/C22H15ClF3N3OS/c1-13-17(23)9-10-18-19(13)28-21(31-18)29(12-16-4-2-3-11-27-16)20(30)14-5-7-15(8-6-14)22(24,25)26/h2-11H,12H2,1H3. The Morgan fingerprint density at radius 3 is 2.48 bits per heavy atom. The lowest BCUT2D eigenvalue weighted by molar-refractivity contribution is -0.137. The fourth-order valence-corrected chi connectivity index (χ4v) is 4.22. The molecular weight excluding hydrogens is 447 g/mol. The zero-order valence-corrected chi connectivity index (χ0v) is 17.7. The Morgan fingerprint density at radius 2 is 1.84 bits per heavy atom. The number of nitrogens with zero attached hydrogens (tertiary/aromatic N) is 3. The Bertz CT molecular complexity index is 1240. The number of halogens is 4. The van der Waals surface area contributed by atoms with Crippen LogP contribution >= 0.6 is 22.9 Å². The Morgan fingerprint density at radius 1 is 1.10 bits per heavy atom. The van der Waals surface area contributed by atoms with Crippen LogP contribution in [-0.4, -0.2) is 15.9 Å². The van der Waals surface area contributed by atoms with Crippen LogP contribution in [0.2, 0.25) is 5.02 Å². The van der Waals surface area contributed by atoms with Crippen molar-refractivity contribution in [3.63, 3.8) is 0 Å². The van der Waals surface area contributed by atoms with Gasteiger partial charge in [-0.15, -0.1) is 0 Å². The van der Waals surface area contributed by atoms with Crippen LogP contribution in [0.5, 0.6) is 0 Å². The van der Waals surface area contributed by atoms with E-state index in [0.717, 1.165) is 22.4 Å². The molecule has 4 nitrogen and oxygen atoms in total. The molecule has 0 saturated heterocycles. The number of hydrogen-bond acceptors (Lipinski definition) is 4. The molecule has 0 radical (unpaired) electrons. The second kappa shape index (κ2) is 8.28. The van der Waals surface area contributed by atoms with E-state index in [1.165, 1.54) is 28.4 Å². The smallest absolute Gasteiger partial charge is 0.278 e. The van der Waals surface area contributed by atoms with Gasteiger partial charge in [-0.3, -0.25) is 14.7 Å². The zero-order valence-electron chi connectivity index (χ0n) is 16.2. The van der Waals surface area contributed by atoms with E-state index in [4.69, 9.17) is 11.6 Å². The predicted octanol–water partition coefficient (Wildman–Crippen LogP) is 6.52. The molecule has 0 aliphatic rings. The number of pyridine rings is 1. The number of fused-ring (bicyclic) bond motifs is 1. The van der Waals surface area contributed by atoms with Gasteiger partial charge in [-0.25, -0.2) is 4.98 Å². The van der Waals surface area contributed by atoms with Gasteiger partial charge in [0.25, 0.3) is 5.91 Å². The minimum absolute atomic E-state index is 0.118. The van der Waals surface area contributed by atoms with Gasteiger partial charge in [-0.05, 0) is 61.0 Å². The van der Waals surface area contributed by atoms with Gasteiger partial charge in [-0.2, -0.15) is 13.2 Å². The lowest BCUT2D eigenvalue weighted by Crippen LogP contribution is -2.30. The van der Waals surface area contributed by atoms with Crippen molar-refractivity contribution in [2.75, 3.05) is 4.90 Å². The molecule has 0 fully saturated rings. The molecule has 4 rings (SSSR count). The highest BCUT2D eigenvalue weighted by Gasteiger charge is 2.31. The summed E-state index contributed by atoms with van der Waals surface area (Å²) in [5.41, 5.74) is 1.40. The monoisotopic (exact) mass is 461 g/mol. The molecule has 2 aromatic carbocycles. The molecule has 0 aliphatic carbocycles. The predicted molar refractivity (Wildman–Crippen MR) is 116 cm³/mol. The summed E-state index contributed by atoms with van der Waals surface area (Å²) in [6, 6.07) is 13.1. The van der Waals surface area contributed by atoms with E-state index in [1.54, 1.807) is 30.5 Å². The van der Waals surface area contributed by atoms with E-state index in [0.29, 0.717) is 21.4 Å². The molecule has 2 aromatic heterocycles. The van der Waals surface area contributed by atoms with E-state index < -0.39 is 17.6 Å². The molecule has 9 heteroatoms. The van der Waals surface area contributed by atoms with E-state index >= 15 is 0 Å². The number of carbonyl (C=O) groups excluding carboxylic acids is 1. The first-order valence-corrected chi connectivity index (χ1v) is 10.4. The molecule has 0 saturated carbocycles. The first kappa shape index (κ1) is 21.3. The Labute approximate surface area is 184 Å². The van der Waals surface area contributed by atoms with Gasteiger partial charge in [0.15, 0.2) is 5.13 Å². The summed E-state index contributed by atoms with van der Waals surface area (Å²) < 4.78 is 39.5. The molecule has 4 aromatic rings. The van der Waals surface area contributed by atoms with Crippen LogP contribution in [-0.2, 0) is 12.7 Å². The highest BCUT2D eigenvalue weighted by Crippen LogP contribution is 2.35. The van der Waals surface area contributed by atoms with Gasteiger partial charge in [0.2, 0.25) is 0 Å². The molecule has 0 spiro atoms. The number of aromatic nitrogens is 2. The zero-order chi connectivity index (χ0) is 22.2. The van der Waals surface area contributed by atoms with Crippen LogP contribution < -0.4 is 4.90 Å². The van der Waals surface area contributed by atoms with Gasteiger partial charge < -0.3 is 0 Å². The molecule has 0 N–H and O–H groups in total. The van der Waals surface area contributed by atoms with Crippen molar-refractivity contribution in [3.8, 4) is 0 Å². The van der Waals surface area contributed by atoms with Crippen molar-refractivity contribution in [3.05, 3.63) is 88.2 Å². The number of amides is 1. The number of aryl methyl sites for hydroxylation is 1. The summed E-state index contributed by atoms with van der Waals surface area (Å²) in [6.07, 6.45) is -2.86. The lowest BCUT2D eigenvalue weighted by atomic mass is 10.1. The molecule has 158 valence electrons. The van der Waals surface area contributed by atoms with Crippen LogP contribution in [0.3, 0.4) is 0 Å². The van der Waals surface area contributed by atoms with Gasteiger partial charge >= 0.3 is 6.18 Å². The quantitative estimate of drug-likeness (QED) is 0.347. The fourth-order valence-electron chi connectivity index (χ4n) is 3.04. The third kappa shape index (κ3) is 4.40. The highest BCUT2D eigenvalue weighted by atomic mass is 35.5. The molecule has 1 amide bonds. The topological polar surface area (TPSA) is 46.1 Å². The number of carbonyl (C=O) groups is 1. The largest absolute Gasteiger partial charge is 0.416 e. The average Bonchev–Trinajstić information content (AvgIpc) is 3.19. The molecule has 0 aliphatic heterocycles. The number of anilines is 1. The summed E-state index contributed by atoms with van der Waals surface area (Å²) in [5, 5.41) is 0.977. The van der Waals surface area contributed by atoms with Crippen molar-refractivity contribution < 1.29 is 18.0 Å². The fraction of sp³-hybridized carbons (Fsp3) is 0.136. The molecule has 0 atom stereocenters. The third-order valence-electron chi connectivity index (χ3n) is 4.72. The maximum Gasteiger partial charge on any atom is 0.416 e. The number of rotatable bonds is 4. The van der Waals surface area contributed by atoms with Gasteiger partial charge in [-0.1, -0.05) is 29.0 Å². The van der Waals surface area contributed by atoms with E-state index in [1.807, 2.05) is 13.0 Å². The summed E-state index contributed by atoms with van der Waals surface area (Å²) in [6.45, 7) is 1.96. The second-order valence-corrected chi connectivity index (χ2v) is 8.22. The molecule has 31 heavy (non-hydrogen) atoms. The highest BCUT2D eigenvalue weighted by molar-refractivity contribution is 7.22. The first-order valence-electron chi connectivity index (χ1n) is 9.19. The van der Waals surface area contributed by atoms with E-state index in [-0.39, 0.29) is 12.1 Å². The third-order valence-corrected chi connectivity index (χ3v) is 6.17. The Balaban J connectivity index is 1.76. The van der Waals surface area contributed by atoms with Crippen molar-refractivity contribution in [2.45, 2.75) is 19.6 Å². The van der Waals surface area contributed by atoms with Crippen LogP contribution in [0, 0.1) is 6.92 Å². The lowest BCUT2D eigenvalue weighted by Gasteiger charge is -2.20. The van der Waals surface area contributed by atoms with Crippen molar-refractivity contribution in [1.82, 2.24) is 9.97 Å². The number of thiazole rings is 1. The maximum absolute atomic E-state index is 13.3. The van der Waals surface area contributed by atoms with Crippen molar-refractivity contribution in [2.24, 2.45) is 0 Å². The molecule has 0 bridgehead atoms. The normalized spacial score (nSPS) is 11.6. The molecular formula is C22H15ClF3N3OS. The summed E-state index contributed by atoms with van der Waals surface area (Å²) in [4.78, 5) is 23.6. The molecule has 0 unspecified atom stereocenters. The van der Waals surface area contributed by atoms with Gasteiger partial charge in [0, 0.05) is 16.8 Å². The number of hydrogen-bond donors (Lipinski definition) is 0. The number of benzene rings is 2. The summed E-state index contributed by atoms with van der Waals surface area (Å²) in [5.74, 6) is -0.470. The maximum atomic E-state index is 13.3. The molecule has 2 heterocycles. The SMILES string of the molecule is Cc1c(Cl)ccc2sc(N(Cc3ccccn3)C(=O)c3ccc(C(F)(F)F)cc3)nc12. The Hall–Kier alpha value is -2.97. The van der Waals surface area contributed by atoms with Gasteiger partial charge in [0.05, 0.1) is 28.0 Å². The van der Waals surface area contributed by atoms with Crippen LogP contribution in [0.25, 0.3) is 10.2 Å². The van der Waals surface area contributed by atoms with Crippen LogP contribution in [0.4, 0.5) is 18.3 Å². The Kier molecular flexibility index (Phi) is 5.68. The summed E-state index contributed by atoms with van der Waals surface area (Å²) in [7, 11) is 0.